The van der Waals surface area contributed by atoms with E-state index in [2.05, 4.69) is 29.5 Å². The Labute approximate surface area is 310 Å². The summed E-state index contributed by atoms with van der Waals surface area (Å²) in [5.41, 5.74) is 0.805. The molecule has 0 bridgehead atoms. The van der Waals surface area contributed by atoms with Gasteiger partial charge in [0.15, 0.2) is 22.6 Å². The molecule has 0 unspecified atom stereocenters. The van der Waals surface area contributed by atoms with Crippen molar-refractivity contribution in [1.29, 1.82) is 0 Å². The SMILES string of the molecule is COCCn1cc(-c2ccc(-c3cnc(C(=O)Nc4ccc(C(=O)N5CCN(C(=O)C6CC[N+](C)(C)CC6)CC5)c(Cl)c4)n3C)c(F)c2F)c(Cl)n1. The van der Waals surface area contributed by atoms with Gasteiger partial charge in [-0.25, -0.2) is 13.8 Å². The first-order valence-corrected chi connectivity index (χ1v) is 17.8. The summed E-state index contributed by atoms with van der Waals surface area (Å²) in [5, 5.41) is 7.00. The fraction of sp³-hybridized carbons (Fsp3) is 0.417. The lowest BCUT2D eigenvalue weighted by Gasteiger charge is -2.40. The number of piperazine rings is 1. The topological polar surface area (TPSA) is 115 Å². The van der Waals surface area contributed by atoms with Crippen molar-refractivity contribution in [1.82, 2.24) is 29.1 Å². The number of nitrogens with zero attached hydrogens (tertiary/aromatic N) is 7. The average Bonchev–Trinajstić information content (AvgIpc) is 3.69. The Morgan fingerprint density at radius 1 is 0.962 bits per heavy atom. The van der Waals surface area contributed by atoms with Gasteiger partial charge in [-0.1, -0.05) is 29.3 Å². The Morgan fingerprint density at radius 2 is 1.62 bits per heavy atom. The van der Waals surface area contributed by atoms with Crippen LogP contribution < -0.4 is 5.32 Å². The third-order valence-corrected chi connectivity index (χ3v) is 10.5. The number of aromatic nitrogens is 4. The van der Waals surface area contributed by atoms with Crippen LogP contribution in [0.15, 0.2) is 42.7 Å². The van der Waals surface area contributed by atoms with E-state index in [-0.39, 0.29) is 61.7 Å². The third-order valence-electron chi connectivity index (χ3n) is 9.93. The molecule has 0 spiro atoms. The molecule has 2 fully saturated rings. The molecule has 6 rings (SSSR count). The normalized spacial score (nSPS) is 16.3. The molecule has 4 aromatic rings. The second-order valence-corrected chi connectivity index (χ2v) is 14.6. The number of likely N-dealkylation sites (tertiary alicyclic amines) is 1. The molecule has 2 aliphatic heterocycles. The number of amides is 3. The van der Waals surface area contributed by atoms with Crippen molar-refractivity contribution in [3.05, 3.63) is 75.9 Å². The largest absolute Gasteiger partial charge is 0.383 e. The van der Waals surface area contributed by atoms with Crippen molar-refractivity contribution in [3.8, 4) is 22.4 Å². The van der Waals surface area contributed by atoms with Gasteiger partial charge >= 0.3 is 0 Å². The number of imidazole rings is 1. The summed E-state index contributed by atoms with van der Waals surface area (Å²) in [6.45, 7) is 4.43. The van der Waals surface area contributed by atoms with Crippen molar-refractivity contribution < 1.29 is 32.4 Å². The number of hydrogen-bond acceptors (Lipinski definition) is 6. The molecule has 0 radical (unpaired) electrons. The smallest absolute Gasteiger partial charge is 0.291 e. The molecule has 1 N–H and O–H groups in total. The first-order chi connectivity index (χ1) is 24.8. The monoisotopic (exact) mass is 757 g/mol. The van der Waals surface area contributed by atoms with Crippen molar-refractivity contribution in [2.45, 2.75) is 19.4 Å². The van der Waals surface area contributed by atoms with Gasteiger partial charge < -0.3 is 28.9 Å². The summed E-state index contributed by atoms with van der Waals surface area (Å²) in [4.78, 5) is 47.5. The third kappa shape index (κ3) is 7.70. The fourth-order valence-electron chi connectivity index (χ4n) is 6.73. The molecule has 0 atom stereocenters. The summed E-state index contributed by atoms with van der Waals surface area (Å²) in [7, 11) is 7.42. The number of ether oxygens (including phenoxy) is 1. The van der Waals surface area contributed by atoms with E-state index in [9.17, 15) is 14.4 Å². The number of nitrogens with one attached hydrogen (secondary N) is 1. The van der Waals surface area contributed by atoms with Crippen LogP contribution in [0, 0.1) is 17.6 Å². The number of hydrogen-bond donors (Lipinski definition) is 1. The zero-order valence-electron chi connectivity index (χ0n) is 29.5. The van der Waals surface area contributed by atoms with E-state index in [0.29, 0.717) is 45.0 Å². The minimum Gasteiger partial charge on any atom is -0.383 e. The number of benzene rings is 2. The second-order valence-electron chi connectivity index (χ2n) is 13.8. The maximum atomic E-state index is 15.5. The molecular formula is C36H41Cl2F2N8O4+. The van der Waals surface area contributed by atoms with E-state index in [1.54, 1.807) is 11.0 Å². The highest BCUT2D eigenvalue weighted by molar-refractivity contribution is 6.34. The molecular weight excluding hydrogens is 717 g/mol. The summed E-state index contributed by atoms with van der Waals surface area (Å²) < 4.78 is 39.7. The average molecular weight is 759 g/mol. The van der Waals surface area contributed by atoms with Gasteiger partial charge in [0, 0.05) is 87.7 Å². The van der Waals surface area contributed by atoms with E-state index in [0.717, 1.165) is 30.4 Å². The number of halogens is 4. The Kier molecular flexibility index (Phi) is 11.0. The maximum Gasteiger partial charge on any atom is 0.291 e. The molecule has 12 nitrogen and oxygen atoms in total. The molecule has 2 saturated heterocycles. The van der Waals surface area contributed by atoms with Crippen LogP contribution in [0.4, 0.5) is 14.5 Å². The van der Waals surface area contributed by atoms with E-state index in [4.69, 9.17) is 27.9 Å². The zero-order chi connectivity index (χ0) is 37.3. The van der Waals surface area contributed by atoms with E-state index in [1.165, 1.54) is 60.1 Å². The van der Waals surface area contributed by atoms with Crippen LogP contribution in [0.5, 0.6) is 0 Å². The van der Waals surface area contributed by atoms with E-state index < -0.39 is 17.5 Å². The predicted molar refractivity (Wildman–Crippen MR) is 193 cm³/mol. The lowest BCUT2D eigenvalue weighted by atomic mass is 9.94. The number of carbonyl (C=O) groups excluding carboxylic acids is 3. The van der Waals surface area contributed by atoms with Gasteiger partial charge in [0.05, 0.1) is 62.8 Å². The predicted octanol–water partition coefficient (Wildman–Crippen LogP) is 5.21. The molecule has 52 heavy (non-hydrogen) atoms. The van der Waals surface area contributed by atoms with Gasteiger partial charge in [-0.05, 0) is 24.3 Å². The van der Waals surface area contributed by atoms with Crippen LogP contribution in [0.2, 0.25) is 10.2 Å². The van der Waals surface area contributed by atoms with Gasteiger partial charge in [0.25, 0.3) is 11.8 Å². The molecule has 276 valence electrons. The van der Waals surface area contributed by atoms with Gasteiger partial charge in [0.2, 0.25) is 5.91 Å². The van der Waals surface area contributed by atoms with Gasteiger partial charge in [0.1, 0.15) is 0 Å². The van der Waals surface area contributed by atoms with Crippen LogP contribution in [-0.2, 0) is 23.1 Å². The Balaban J connectivity index is 1.09. The number of rotatable bonds is 9. The van der Waals surface area contributed by atoms with Crippen LogP contribution in [0.25, 0.3) is 22.4 Å². The Bertz CT molecular complexity index is 2000. The Morgan fingerprint density at radius 3 is 2.29 bits per heavy atom. The quantitative estimate of drug-likeness (QED) is 0.235. The Hall–Kier alpha value is -4.37. The number of anilines is 1. The molecule has 0 aliphatic carbocycles. The minimum absolute atomic E-state index is 0.0173. The lowest BCUT2D eigenvalue weighted by molar-refractivity contribution is -0.895. The van der Waals surface area contributed by atoms with Crippen LogP contribution in [0.1, 0.15) is 33.8 Å². The van der Waals surface area contributed by atoms with Gasteiger partial charge in [-0.15, -0.1) is 0 Å². The molecule has 3 amide bonds. The number of quaternary nitrogens is 1. The van der Waals surface area contributed by atoms with Crippen LogP contribution in [-0.4, -0.2) is 118 Å². The van der Waals surface area contributed by atoms with Crippen molar-refractivity contribution >= 4 is 46.6 Å². The highest BCUT2D eigenvalue weighted by Crippen LogP contribution is 2.35. The standard InChI is InChI=1S/C36H40Cl2F2N8O4/c1-44-29(26-8-7-24(30(39)31(26)40)27-21-47(15-18-52-4)43-32(27)38)20-41-33(44)34(49)42-23-5-6-25(28(37)19-23)36(51)46-13-11-45(12-14-46)35(50)22-9-16-48(2,3)17-10-22/h5-8,19-22H,9-18H2,1-4H3/p+1. The molecule has 2 aromatic carbocycles. The van der Waals surface area contributed by atoms with Crippen molar-refractivity contribution in [3.63, 3.8) is 0 Å². The highest BCUT2D eigenvalue weighted by Gasteiger charge is 2.35. The number of carbonyl (C=O) groups is 3. The van der Waals surface area contributed by atoms with Crippen LogP contribution >= 0.6 is 23.2 Å². The highest BCUT2D eigenvalue weighted by atomic mass is 35.5. The molecule has 0 saturated carbocycles. The van der Waals surface area contributed by atoms with Crippen molar-refractivity contribution in [2.24, 2.45) is 13.0 Å². The van der Waals surface area contributed by atoms with E-state index in [1.807, 2.05) is 4.90 Å². The lowest BCUT2D eigenvalue weighted by Crippen LogP contribution is -2.54. The summed E-state index contributed by atoms with van der Waals surface area (Å²) in [5.74, 6) is -3.01. The minimum atomic E-state index is -1.14. The fourth-order valence-corrected chi connectivity index (χ4v) is 7.24. The van der Waals surface area contributed by atoms with Crippen molar-refractivity contribution in [2.75, 3.05) is 72.4 Å². The maximum absolute atomic E-state index is 15.5. The first-order valence-electron chi connectivity index (χ1n) is 17.0. The number of piperidine rings is 1. The zero-order valence-corrected chi connectivity index (χ0v) is 31.0. The molecule has 4 heterocycles. The first kappa shape index (κ1) is 37.4. The summed E-state index contributed by atoms with van der Waals surface area (Å²) in [6, 6.07) is 7.35. The van der Waals surface area contributed by atoms with Gasteiger partial charge in [-0.3, -0.25) is 19.1 Å². The van der Waals surface area contributed by atoms with E-state index >= 15 is 8.78 Å². The number of methoxy groups -OCH3 is 1. The van der Waals surface area contributed by atoms with Crippen LogP contribution in [0.3, 0.4) is 0 Å². The molecule has 2 aromatic heterocycles. The van der Waals surface area contributed by atoms with Gasteiger partial charge in [-0.2, -0.15) is 5.10 Å². The molecule has 2 aliphatic rings. The molecule has 16 heteroatoms. The second kappa shape index (κ2) is 15.3. The summed E-state index contributed by atoms with van der Waals surface area (Å²) in [6.07, 6.45) is 4.54. The summed E-state index contributed by atoms with van der Waals surface area (Å²) >= 11 is 12.8.